The summed E-state index contributed by atoms with van der Waals surface area (Å²) in [7, 11) is 0. The van der Waals surface area contributed by atoms with Crippen molar-refractivity contribution in [2.24, 2.45) is 0 Å². The van der Waals surface area contributed by atoms with Crippen LogP contribution in [0.15, 0.2) is 59.7 Å². The third-order valence-electron chi connectivity index (χ3n) is 4.43. The van der Waals surface area contributed by atoms with Crippen LogP contribution in [0.3, 0.4) is 0 Å². The number of hydrogen-bond donors (Lipinski definition) is 2. The first-order chi connectivity index (χ1) is 13.7. The molecular formula is C20H13ClF3N3OS. The van der Waals surface area contributed by atoms with Crippen LogP contribution in [0.4, 0.5) is 18.9 Å². The number of amidine groups is 1. The molecule has 1 aromatic heterocycles. The number of nitrogens with one attached hydrogen (secondary N) is 1. The SMILES string of the molecule is N=C1C(c2nc(-c3cccc(Cl)c3)cs2)=C(O)CN1c1cccc(C(F)(F)F)c1. The van der Waals surface area contributed by atoms with E-state index in [1.807, 2.05) is 6.07 Å². The summed E-state index contributed by atoms with van der Waals surface area (Å²) in [5.74, 6) is -0.215. The minimum absolute atomic E-state index is 0.0957. The highest BCUT2D eigenvalue weighted by Crippen LogP contribution is 2.37. The molecule has 0 unspecified atom stereocenters. The van der Waals surface area contributed by atoms with Gasteiger partial charge < -0.3 is 10.0 Å². The van der Waals surface area contributed by atoms with Gasteiger partial charge >= 0.3 is 6.18 Å². The van der Waals surface area contributed by atoms with Crippen molar-refractivity contribution in [3.8, 4) is 11.3 Å². The summed E-state index contributed by atoms with van der Waals surface area (Å²) in [5.41, 5.74) is 1.00. The smallest absolute Gasteiger partial charge is 0.416 e. The van der Waals surface area contributed by atoms with Gasteiger partial charge in [0.05, 0.1) is 23.4 Å². The highest BCUT2D eigenvalue weighted by molar-refractivity contribution is 7.11. The Morgan fingerprint density at radius 2 is 1.90 bits per heavy atom. The van der Waals surface area contributed by atoms with Gasteiger partial charge in [0, 0.05) is 21.7 Å². The number of aliphatic hydroxyl groups excluding tert-OH is 1. The van der Waals surface area contributed by atoms with Crippen molar-refractivity contribution in [1.82, 2.24) is 4.98 Å². The van der Waals surface area contributed by atoms with E-state index in [-0.39, 0.29) is 29.4 Å². The van der Waals surface area contributed by atoms with Gasteiger partial charge in [-0.05, 0) is 30.3 Å². The van der Waals surface area contributed by atoms with Crippen LogP contribution in [0.25, 0.3) is 16.8 Å². The molecule has 2 heterocycles. The summed E-state index contributed by atoms with van der Waals surface area (Å²) >= 11 is 7.25. The molecule has 4 rings (SSSR count). The zero-order valence-electron chi connectivity index (χ0n) is 14.7. The van der Waals surface area contributed by atoms with Crippen molar-refractivity contribution in [3.63, 3.8) is 0 Å². The van der Waals surface area contributed by atoms with Crippen LogP contribution >= 0.6 is 22.9 Å². The van der Waals surface area contributed by atoms with E-state index in [4.69, 9.17) is 17.0 Å². The van der Waals surface area contributed by atoms with Gasteiger partial charge in [-0.15, -0.1) is 11.3 Å². The number of aliphatic hydroxyl groups is 1. The third kappa shape index (κ3) is 3.73. The molecule has 0 aliphatic carbocycles. The van der Waals surface area contributed by atoms with E-state index in [9.17, 15) is 18.3 Å². The summed E-state index contributed by atoms with van der Waals surface area (Å²) in [6, 6.07) is 11.8. The van der Waals surface area contributed by atoms with Crippen LogP contribution in [-0.2, 0) is 6.18 Å². The maximum Gasteiger partial charge on any atom is 0.416 e. The lowest BCUT2D eigenvalue weighted by atomic mass is 10.1. The van der Waals surface area contributed by atoms with Crippen molar-refractivity contribution in [1.29, 1.82) is 5.41 Å². The monoisotopic (exact) mass is 435 g/mol. The molecule has 148 valence electrons. The molecule has 0 saturated carbocycles. The number of aromatic nitrogens is 1. The Bertz CT molecular complexity index is 1140. The van der Waals surface area contributed by atoms with Crippen molar-refractivity contribution in [2.75, 3.05) is 11.4 Å². The maximum absolute atomic E-state index is 13.0. The summed E-state index contributed by atoms with van der Waals surface area (Å²) in [6.45, 7) is -0.0957. The molecule has 0 fully saturated rings. The average molecular weight is 436 g/mol. The Hall–Kier alpha value is -2.84. The first-order valence-corrected chi connectivity index (χ1v) is 9.67. The quantitative estimate of drug-likeness (QED) is 0.511. The fourth-order valence-electron chi connectivity index (χ4n) is 3.04. The number of benzene rings is 2. The van der Waals surface area contributed by atoms with Crippen LogP contribution in [-0.4, -0.2) is 22.5 Å². The normalized spacial score (nSPS) is 14.8. The predicted molar refractivity (Wildman–Crippen MR) is 109 cm³/mol. The van der Waals surface area contributed by atoms with E-state index < -0.39 is 11.7 Å². The Kier molecular flexibility index (Phi) is 4.84. The largest absolute Gasteiger partial charge is 0.510 e. The molecule has 2 N–H and O–H groups in total. The lowest BCUT2D eigenvalue weighted by Gasteiger charge is -2.20. The second-order valence-electron chi connectivity index (χ2n) is 6.35. The number of thiazole rings is 1. The summed E-state index contributed by atoms with van der Waals surface area (Å²) < 4.78 is 39.0. The number of anilines is 1. The van der Waals surface area contributed by atoms with Gasteiger partial charge in [0.1, 0.15) is 16.6 Å². The van der Waals surface area contributed by atoms with Crippen molar-refractivity contribution >= 4 is 40.0 Å². The van der Waals surface area contributed by atoms with E-state index >= 15 is 0 Å². The molecular weight excluding hydrogens is 423 g/mol. The van der Waals surface area contributed by atoms with Crippen LogP contribution in [0.5, 0.6) is 0 Å². The number of nitrogens with zero attached hydrogens (tertiary/aromatic N) is 2. The summed E-state index contributed by atoms with van der Waals surface area (Å²) in [6.07, 6.45) is -4.49. The first-order valence-electron chi connectivity index (χ1n) is 8.41. The van der Waals surface area contributed by atoms with Gasteiger partial charge in [0.25, 0.3) is 0 Å². The molecule has 1 aliphatic rings. The van der Waals surface area contributed by atoms with Crippen molar-refractivity contribution in [2.45, 2.75) is 6.18 Å². The first kappa shape index (κ1) is 19.5. The van der Waals surface area contributed by atoms with E-state index in [0.29, 0.717) is 15.7 Å². The third-order valence-corrected chi connectivity index (χ3v) is 5.52. The minimum atomic E-state index is -4.49. The molecule has 3 aromatic rings. The van der Waals surface area contributed by atoms with Crippen molar-refractivity contribution < 1.29 is 18.3 Å². The number of rotatable bonds is 3. The second-order valence-corrected chi connectivity index (χ2v) is 7.65. The highest BCUT2D eigenvalue weighted by atomic mass is 35.5. The minimum Gasteiger partial charge on any atom is -0.510 e. The standard InChI is InChI=1S/C20H13ClF3N3OS/c21-13-5-1-3-11(7-13)15-10-29-19(26-15)17-16(28)9-27(18(17)25)14-6-2-4-12(8-14)20(22,23)24/h1-8,10,25,28H,9H2. The molecule has 29 heavy (non-hydrogen) atoms. The van der Waals surface area contributed by atoms with Crippen LogP contribution in [0.1, 0.15) is 10.6 Å². The number of hydrogen-bond acceptors (Lipinski definition) is 4. The van der Waals surface area contributed by atoms with E-state index in [2.05, 4.69) is 4.98 Å². The van der Waals surface area contributed by atoms with Gasteiger partial charge in [-0.2, -0.15) is 13.2 Å². The fraction of sp³-hybridized carbons (Fsp3) is 0.100. The summed E-state index contributed by atoms with van der Waals surface area (Å²) in [5, 5.41) is 21.6. The number of alkyl halides is 3. The lowest BCUT2D eigenvalue weighted by molar-refractivity contribution is -0.137. The van der Waals surface area contributed by atoms with Gasteiger partial charge in [-0.25, -0.2) is 4.98 Å². The van der Waals surface area contributed by atoms with Crippen LogP contribution in [0.2, 0.25) is 5.02 Å². The van der Waals surface area contributed by atoms with E-state index in [0.717, 1.165) is 17.7 Å². The highest BCUT2D eigenvalue weighted by Gasteiger charge is 2.34. The van der Waals surface area contributed by atoms with E-state index in [1.54, 1.807) is 23.6 Å². The molecule has 0 bridgehead atoms. The summed E-state index contributed by atoms with van der Waals surface area (Å²) in [4.78, 5) is 5.80. The molecule has 9 heteroatoms. The second kappa shape index (κ2) is 7.20. The Morgan fingerprint density at radius 3 is 2.62 bits per heavy atom. The number of halogens is 4. The van der Waals surface area contributed by atoms with Gasteiger partial charge in [-0.1, -0.05) is 29.8 Å². The Morgan fingerprint density at radius 1 is 1.14 bits per heavy atom. The zero-order valence-corrected chi connectivity index (χ0v) is 16.2. The van der Waals surface area contributed by atoms with Crippen molar-refractivity contribution in [3.05, 3.63) is 75.3 Å². The predicted octanol–water partition coefficient (Wildman–Crippen LogP) is 6.25. The molecule has 0 amide bonds. The average Bonchev–Trinajstić information content (AvgIpc) is 3.25. The Labute approximate surface area is 173 Å². The van der Waals surface area contributed by atoms with Gasteiger partial charge in [-0.3, -0.25) is 5.41 Å². The maximum atomic E-state index is 13.0. The lowest BCUT2D eigenvalue weighted by Crippen LogP contribution is -2.26. The molecule has 0 radical (unpaired) electrons. The van der Waals surface area contributed by atoms with Gasteiger partial charge in [0.2, 0.25) is 0 Å². The molecule has 0 spiro atoms. The molecule has 4 nitrogen and oxygen atoms in total. The van der Waals surface area contributed by atoms with Crippen LogP contribution < -0.4 is 4.90 Å². The molecule has 0 saturated heterocycles. The van der Waals surface area contributed by atoms with Gasteiger partial charge in [0.15, 0.2) is 0 Å². The molecule has 0 atom stereocenters. The fourth-order valence-corrected chi connectivity index (χ4v) is 4.13. The molecule has 2 aromatic carbocycles. The van der Waals surface area contributed by atoms with Crippen LogP contribution in [0, 0.1) is 5.41 Å². The molecule has 1 aliphatic heterocycles. The Balaban J connectivity index is 1.64. The van der Waals surface area contributed by atoms with E-state index in [1.165, 1.54) is 28.4 Å². The topological polar surface area (TPSA) is 60.2 Å². The zero-order chi connectivity index (χ0) is 20.8.